The Bertz CT molecular complexity index is 532. The minimum absolute atomic E-state index is 0.178. The molecule has 1 atom stereocenters. The van der Waals surface area contributed by atoms with Crippen molar-refractivity contribution in [2.45, 2.75) is 12.8 Å². The van der Waals surface area contributed by atoms with E-state index in [4.69, 9.17) is 4.74 Å². The van der Waals surface area contributed by atoms with E-state index in [1.165, 1.54) is 6.07 Å². The van der Waals surface area contributed by atoms with Gasteiger partial charge in [0.2, 0.25) is 0 Å². The molecule has 1 fully saturated rings. The molecule has 0 aliphatic carbocycles. The van der Waals surface area contributed by atoms with Gasteiger partial charge < -0.3 is 19.9 Å². The minimum atomic E-state index is -0.178. The van der Waals surface area contributed by atoms with E-state index in [0.717, 1.165) is 51.6 Å². The van der Waals surface area contributed by atoms with Crippen LogP contribution in [0.25, 0.3) is 0 Å². The van der Waals surface area contributed by atoms with Crippen LogP contribution in [0.15, 0.2) is 29.3 Å². The molecule has 0 amide bonds. The molecule has 1 aromatic rings. The summed E-state index contributed by atoms with van der Waals surface area (Å²) in [5.41, 5.74) is 0.639. The highest BCUT2D eigenvalue weighted by Gasteiger charge is 2.18. The van der Waals surface area contributed by atoms with E-state index in [-0.39, 0.29) is 5.82 Å². The molecule has 1 unspecified atom stereocenters. The molecule has 1 N–H and O–H groups in total. The summed E-state index contributed by atoms with van der Waals surface area (Å²) in [6, 6.07) is 6.87. The Hall–Kier alpha value is -1.82. The van der Waals surface area contributed by atoms with Crippen molar-refractivity contribution in [3.05, 3.63) is 30.1 Å². The Morgan fingerprint density at radius 2 is 2.17 bits per heavy atom. The number of anilines is 1. The molecule has 1 aliphatic rings. The normalized spacial score (nSPS) is 17.8. The third kappa shape index (κ3) is 5.37. The Balaban J connectivity index is 1.70. The van der Waals surface area contributed by atoms with E-state index in [1.54, 1.807) is 19.2 Å². The standard InChI is InChI=1S/C18H29FN4O/c1-20-18(23(3)13-15-9-12-24-14-15)21-10-6-11-22(2)17-8-5-4-7-16(17)19/h4-5,7-8,15H,6,9-14H2,1-3H3,(H,20,21). The van der Waals surface area contributed by atoms with Crippen molar-refractivity contribution in [1.82, 2.24) is 10.2 Å². The molecule has 1 aromatic carbocycles. The Kier molecular flexibility index (Phi) is 7.31. The molecule has 0 bridgehead atoms. The number of benzene rings is 1. The lowest BCUT2D eigenvalue weighted by atomic mass is 10.1. The summed E-state index contributed by atoms with van der Waals surface area (Å²) in [6.45, 7) is 4.25. The van der Waals surface area contributed by atoms with Crippen LogP contribution >= 0.6 is 0 Å². The Labute approximate surface area is 144 Å². The van der Waals surface area contributed by atoms with Gasteiger partial charge in [0.1, 0.15) is 5.82 Å². The Morgan fingerprint density at radius 3 is 2.83 bits per heavy atom. The highest BCUT2D eigenvalue weighted by Crippen LogP contribution is 2.17. The largest absolute Gasteiger partial charge is 0.381 e. The molecule has 134 valence electrons. The molecule has 1 aliphatic heterocycles. The SMILES string of the molecule is CN=C(NCCCN(C)c1ccccc1F)N(C)CC1CCOC1. The first-order valence-electron chi connectivity index (χ1n) is 8.57. The predicted molar refractivity (Wildman–Crippen MR) is 97.2 cm³/mol. The molecule has 0 saturated carbocycles. The summed E-state index contributed by atoms with van der Waals surface area (Å²) in [5.74, 6) is 1.30. The molecule has 1 saturated heterocycles. The summed E-state index contributed by atoms with van der Waals surface area (Å²) >= 11 is 0. The van der Waals surface area contributed by atoms with Crippen LogP contribution in [-0.2, 0) is 4.74 Å². The van der Waals surface area contributed by atoms with Crippen molar-refractivity contribution in [3.8, 4) is 0 Å². The predicted octanol–water partition coefficient (Wildman–Crippen LogP) is 2.20. The topological polar surface area (TPSA) is 40.1 Å². The lowest BCUT2D eigenvalue weighted by Gasteiger charge is -2.25. The van der Waals surface area contributed by atoms with Crippen molar-refractivity contribution in [2.24, 2.45) is 10.9 Å². The van der Waals surface area contributed by atoms with Crippen LogP contribution in [0.5, 0.6) is 0 Å². The summed E-state index contributed by atoms with van der Waals surface area (Å²) < 4.78 is 19.2. The van der Waals surface area contributed by atoms with Crippen LogP contribution in [0.1, 0.15) is 12.8 Å². The molecule has 24 heavy (non-hydrogen) atoms. The highest BCUT2D eigenvalue weighted by molar-refractivity contribution is 5.79. The smallest absolute Gasteiger partial charge is 0.193 e. The average molecular weight is 336 g/mol. The molecule has 2 rings (SSSR count). The fraction of sp³-hybridized carbons (Fsp3) is 0.611. The van der Waals surface area contributed by atoms with Gasteiger partial charge in [0.25, 0.3) is 0 Å². The van der Waals surface area contributed by atoms with Crippen LogP contribution in [0.4, 0.5) is 10.1 Å². The first-order valence-corrected chi connectivity index (χ1v) is 8.57. The lowest BCUT2D eigenvalue weighted by molar-refractivity contribution is 0.181. The first-order chi connectivity index (χ1) is 11.6. The second-order valence-electron chi connectivity index (χ2n) is 6.31. The third-order valence-electron chi connectivity index (χ3n) is 4.35. The van der Waals surface area contributed by atoms with Crippen molar-refractivity contribution in [3.63, 3.8) is 0 Å². The van der Waals surface area contributed by atoms with E-state index in [0.29, 0.717) is 11.6 Å². The van der Waals surface area contributed by atoms with Crippen LogP contribution in [0.2, 0.25) is 0 Å². The summed E-state index contributed by atoms with van der Waals surface area (Å²) in [5, 5.41) is 3.38. The molecular weight excluding hydrogens is 307 g/mol. The molecule has 5 nitrogen and oxygen atoms in total. The quantitative estimate of drug-likeness (QED) is 0.471. The second kappa shape index (κ2) is 9.47. The number of nitrogens with zero attached hydrogens (tertiary/aromatic N) is 3. The fourth-order valence-corrected chi connectivity index (χ4v) is 2.98. The first kappa shape index (κ1) is 18.5. The molecule has 1 heterocycles. The maximum absolute atomic E-state index is 13.7. The van der Waals surface area contributed by atoms with E-state index >= 15 is 0 Å². The van der Waals surface area contributed by atoms with Crippen LogP contribution in [0.3, 0.4) is 0 Å². The van der Waals surface area contributed by atoms with Gasteiger partial charge in [-0.05, 0) is 25.0 Å². The zero-order valence-electron chi connectivity index (χ0n) is 15.0. The van der Waals surface area contributed by atoms with E-state index in [1.807, 2.05) is 18.0 Å². The lowest BCUT2D eigenvalue weighted by Crippen LogP contribution is -2.42. The van der Waals surface area contributed by atoms with E-state index < -0.39 is 0 Å². The molecule has 0 spiro atoms. The second-order valence-corrected chi connectivity index (χ2v) is 6.31. The van der Waals surface area contributed by atoms with Crippen molar-refractivity contribution >= 4 is 11.6 Å². The average Bonchev–Trinajstić information content (AvgIpc) is 3.08. The van der Waals surface area contributed by atoms with Gasteiger partial charge in [-0.15, -0.1) is 0 Å². The van der Waals surface area contributed by atoms with Crippen molar-refractivity contribution < 1.29 is 9.13 Å². The van der Waals surface area contributed by atoms with Crippen LogP contribution in [-0.4, -0.2) is 64.9 Å². The van der Waals surface area contributed by atoms with Crippen molar-refractivity contribution in [1.29, 1.82) is 0 Å². The number of hydrogen-bond acceptors (Lipinski definition) is 3. The summed E-state index contributed by atoms with van der Waals surface area (Å²) in [7, 11) is 5.77. The maximum Gasteiger partial charge on any atom is 0.193 e. The molecule has 0 radical (unpaired) electrons. The number of para-hydroxylation sites is 1. The number of aliphatic imine (C=N–C) groups is 1. The van der Waals surface area contributed by atoms with Gasteiger partial charge in [-0.1, -0.05) is 12.1 Å². The van der Waals surface area contributed by atoms with E-state index in [9.17, 15) is 4.39 Å². The van der Waals surface area contributed by atoms with Gasteiger partial charge >= 0.3 is 0 Å². The van der Waals surface area contributed by atoms with Crippen molar-refractivity contribution in [2.75, 3.05) is 58.9 Å². The minimum Gasteiger partial charge on any atom is -0.381 e. The zero-order chi connectivity index (χ0) is 17.4. The van der Waals surface area contributed by atoms with Gasteiger partial charge in [-0.3, -0.25) is 4.99 Å². The molecule has 0 aromatic heterocycles. The zero-order valence-corrected chi connectivity index (χ0v) is 15.0. The number of hydrogen-bond donors (Lipinski definition) is 1. The van der Waals surface area contributed by atoms with Gasteiger partial charge in [0.15, 0.2) is 5.96 Å². The number of rotatable bonds is 7. The molecule has 6 heteroatoms. The number of nitrogens with one attached hydrogen (secondary N) is 1. The molecular formula is C18H29FN4O. The number of guanidine groups is 1. The maximum atomic E-state index is 13.7. The fourth-order valence-electron chi connectivity index (χ4n) is 2.98. The van der Waals surface area contributed by atoms with Crippen LogP contribution in [0, 0.1) is 11.7 Å². The summed E-state index contributed by atoms with van der Waals surface area (Å²) in [4.78, 5) is 8.43. The summed E-state index contributed by atoms with van der Waals surface area (Å²) in [6.07, 6.45) is 2.03. The number of ether oxygens (including phenoxy) is 1. The van der Waals surface area contributed by atoms with E-state index in [2.05, 4.69) is 22.3 Å². The van der Waals surface area contributed by atoms with Crippen LogP contribution < -0.4 is 10.2 Å². The van der Waals surface area contributed by atoms with Gasteiger partial charge in [-0.2, -0.15) is 0 Å². The highest BCUT2D eigenvalue weighted by atomic mass is 19.1. The van der Waals surface area contributed by atoms with Gasteiger partial charge in [-0.25, -0.2) is 4.39 Å². The number of halogens is 1. The van der Waals surface area contributed by atoms with Gasteiger partial charge in [0.05, 0.1) is 12.3 Å². The third-order valence-corrected chi connectivity index (χ3v) is 4.35. The monoisotopic (exact) mass is 336 g/mol. The Morgan fingerprint density at radius 1 is 1.38 bits per heavy atom. The van der Waals surface area contributed by atoms with Gasteiger partial charge in [0, 0.05) is 53.3 Å².